The van der Waals surface area contributed by atoms with Gasteiger partial charge in [0.2, 0.25) is 0 Å². The van der Waals surface area contributed by atoms with Crippen LogP contribution < -0.4 is 0 Å². The molecule has 16 heavy (non-hydrogen) atoms. The zero-order chi connectivity index (χ0) is 10.5. The Kier molecular flexibility index (Phi) is 1.64. The van der Waals surface area contributed by atoms with Gasteiger partial charge in [0.05, 0.1) is 5.52 Å². The zero-order valence-corrected chi connectivity index (χ0v) is 9.94. The topological polar surface area (TPSA) is 12.9 Å². The van der Waals surface area contributed by atoms with Gasteiger partial charge in [-0.3, -0.25) is 4.98 Å². The third kappa shape index (κ3) is 0.970. The molecule has 0 aliphatic carbocycles. The smallest absolute Gasteiger partial charge is 0.0803 e. The molecule has 1 aromatic carbocycles. The van der Waals surface area contributed by atoms with Gasteiger partial charge in [-0.05, 0) is 35.0 Å². The van der Waals surface area contributed by atoms with Gasteiger partial charge in [0.25, 0.3) is 0 Å². The Bertz CT molecular complexity index is 741. The third-order valence-corrected chi connectivity index (χ3v) is 4.78. The van der Waals surface area contributed by atoms with E-state index >= 15 is 0 Å². The molecule has 3 heterocycles. The zero-order valence-electron chi connectivity index (χ0n) is 8.31. The summed E-state index contributed by atoms with van der Waals surface area (Å²) in [5, 5.41) is 8.24. The quantitative estimate of drug-likeness (QED) is 0.436. The van der Waals surface area contributed by atoms with Gasteiger partial charge in [-0.15, -0.1) is 22.7 Å². The van der Waals surface area contributed by atoms with E-state index in [0.717, 1.165) is 5.52 Å². The predicted octanol–water partition coefficient (Wildman–Crippen LogP) is 4.66. The highest BCUT2D eigenvalue weighted by Gasteiger charge is 2.10. The molecule has 0 radical (unpaired) electrons. The normalized spacial score (nSPS) is 11.8. The third-order valence-electron chi connectivity index (χ3n) is 2.88. The molecule has 0 fully saturated rings. The molecule has 3 aromatic heterocycles. The van der Waals surface area contributed by atoms with Crippen LogP contribution in [0.25, 0.3) is 31.1 Å². The molecule has 1 nitrogen and oxygen atoms in total. The number of pyridine rings is 1. The van der Waals surface area contributed by atoms with Crippen LogP contribution >= 0.6 is 22.7 Å². The minimum Gasteiger partial charge on any atom is -0.256 e. The van der Waals surface area contributed by atoms with Crippen LogP contribution in [0.5, 0.6) is 0 Å². The van der Waals surface area contributed by atoms with Crippen molar-refractivity contribution in [1.29, 1.82) is 0 Å². The number of hydrogen-bond acceptors (Lipinski definition) is 3. The van der Waals surface area contributed by atoms with E-state index in [1.807, 2.05) is 12.3 Å². The lowest BCUT2D eigenvalue weighted by Crippen LogP contribution is -1.78. The van der Waals surface area contributed by atoms with Crippen LogP contribution in [0.15, 0.2) is 41.2 Å². The molecule has 0 bridgehead atoms. The van der Waals surface area contributed by atoms with Crippen molar-refractivity contribution in [3.63, 3.8) is 0 Å². The van der Waals surface area contributed by atoms with Crippen molar-refractivity contribution in [3.8, 4) is 0 Å². The molecular formula is C13H7NS2. The van der Waals surface area contributed by atoms with Crippen LogP contribution in [0.1, 0.15) is 0 Å². The van der Waals surface area contributed by atoms with Gasteiger partial charge in [-0.25, -0.2) is 0 Å². The summed E-state index contributed by atoms with van der Waals surface area (Å²) in [4.78, 5) is 4.52. The Labute approximate surface area is 100.0 Å². The highest BCUT2D eigenvalue weighted by atomic mass is 32.1. The molecule has 3 heteroatoms. The van der Waals surface area contributed by atoms with Gasteiger partial charge in [0.1, 0.15) is 0 Å². The maximum atomic E-state index is 4.52. The van der Waals surface area contributed by atoms with Crippen molar-refractivity contribution in [2.75, 3.05) is 0 Å². The van der Waals surface area contributed by atoms with Crippen LogP contribution in [0.4, 0.5) is 0 Å². The molecule has 0 aliphatic heterocycles. The first-order valence-corrected chi connectivity index (χ1v) is 6.82. The lowest BCUT2D eigenvalue weighted by Gasteiger charge is -2.01. The summed E-state index contributed by atoms with van der Waals surface area (Å²) in [6, 6.07) is 8.57. The van der Waals surface area contributed by atoms with E-state index in [2.05, 4.69) is 33.9 Å². The van der Waals surface area contributed by atoms with E-state index in [9.17, 15) is 0 Å². The van der Waals surface area contributed by atoms with Crippen LogP contribution in [0.2, 0.25) is 0 Å². The SMILES string of the molecule is c1cnc2c(c1)c1sccc1c1sccc21. The molecule has 0 unspecified atom stereocenters. The Morgan fingerprint density at radius 3 is 2.31 bits per heavy atom. The molecule has 4 rings (SSSR count). The Balaban J connectivity index is 2.51. The standard InChI is InChI=1S/C13H7NS2/c1-2-8-11(14-5-1)9-3-6-15-13(9)10-4-7-16-12(8)10/h1-7H. The fourth-order valence-corrected chi connectivity index (χ4v) is 4.13. The molecule has 76 valence electrons. The van der Waals surface area contributed by atoms with Crippen molar-refractivity contribution < 1.29 is 0 Å². The molecule has 0 saturated carbocycles. The number of nitrogens with zero attached hydrogens (tertiary/aromatic N) is 1. The number of thiophene rings is 2. The maximum absolute atomic E-state index is 4.52. The van der Waals surface area contributed by atoms with Gasteiger partial charge in [0.15, 0.2) is 0 Å². The molecular weight excluding hydrogens is 234 g/mol. The van der Waals surface area contributed by atoms with Gasteiger partial charge < -0.3 is 0 Å². The van der Waals surface area contributed by atoms with Crippen molar-refractivity contribution >= 4 is 53.7 Å². The van der Waals surface area contributed by atoms with E-state index < -0.39 is 0 Å². The van der Waals surface area contributed by atoms with Gasteiger partial charge in [-0.1, -0.05) is 0 Å². The maximum Gasteiger partial charge on any atom is 0.0803 e. The fourth-order valence-electron chi connectivity index (χ4n) is 2.20. The van der Waals surface area contributed by atoms with Gasteiger partial charge in [0, 0.05) is 31.8 Å². The molecule has 0 atom stereocenters. The number of rotatable bonds is 0. The predicted molar refractivity (Wildman–Crippen MR) is 72.5 cm³/mol. The Morgan fingerprint density at radius 2 is 1.50 bits per heavy atom. The number of benzene rings is 1. The van der Waals surface area contributed by atoms with Crippen molar-refractivity contribution in [2.45, 2.75) is 0 Å². The fraction of sp³-hybridized carbons (Fsp3) is 0. The van der Waals surface area contributed by atoms with Crippen LogP contribution in [-0.4, -0.2) is 4.98 Å². The lowest BCUT2D eigenvalue weighted by molar-refractivity contribution is 1.43. The molecule has 0 saturated heterocycles. The summed E-state index contributed by atoms with van der Waals surface area (Å²) in [7, 11) is 0. The number of aromatic nitrogens is 1. The summed E-state index contributed by atoms with van der Waals surface area (Å²) < 4.78 is 2.72. The highest BCUT2D eigenvalue weighted by molar-refractivity contribution is 7.21. The van der Waals surface area contributed by atoms with Crippen molar-refractivity contribution in [2.24, 2.45) is 0 Å². The lowest BCUT2D eigenvalue weighted by atomic mass is 10.1. The first-order chi connectivity index (χ1) is 7.95. The molecule has 0 amide bonds. The van der Waals surface area contributed by atoms with Gasteiger partial charge >= 0.3 is 0 Å². The monoisotopic (exact) mass is 241 g/mol. The minimum absolute atomic E-state index is 1.13. The van der Waals surface area contributed by atoms with E-state index in [0.29, 0.717) is 0 Å². The summed E-state index contributed by atoms with van der Waals surface area (Å²) in [6.07, 6.45) is 1.87. The minimum atomic E-state index is 1.13. The van der Waals surface area contributed by atoms with E-state index in [1.165, 1.54) is 25.6 Å². The molecule has 0 N–H and O–H groups in total. The van der Waals surface area contributed by atoms with Gasteiger partial charge in [-0.2, -0.15) is 0 Å². The summed E-state index contributed by atoms with van der Waals surface area (Å²) in [5.74, 6) is 0. The number of hydrogen-bond donors (Lipinski definition) is 0. The largest absolute Gasteiger partial charge is 0.256 e. The molecule has 0 aliphatic rings. The molecule has 0 spiro atoms. The average Bonchev–Trinajstić information content (AvgIpc) is 2.98. The molecule has 4 aromatic rings. The second-order valence-corrected chi connectivity index (χ2v) is 5.56. The Hall–Kier alpha value is -1.45. The first-order valence-electron chi connectivity index (χ1n) is 5.06. The van der Waals surface area contributed by atoms with E-state index in [1.54, 1.807) is 22.7 Å². The van der Waals surface area contributed by atoms with Crippen LogP contribution in [0, 0.1) is 0 Å². The second kappa shape index (κ2) is 3.03. The number of fused-ring (bicyclic) bond motifs is 6. The Morgan fingerprint density at radius 1 is 0.812 bits per heavy atom. The first kappa shape index (κ1) is 8.67. The summed E-state index contributed by atoms with van der Waals surface area (Å²) in [5.41, 5.74) is 1.13. The highest BCUT2D eigenvalue weighted by Crippen LogP contribution is 2.39. The van der Waals surface area contributed by atoms with E-state index in [-0.39, 0.29) is 0 Å². The second-order valence-electron chi connectivity index (χ2n) is 3.73. The van der Waals surface area contributed by atoms with Crippen molar-refractivity contribution in [1.82, 2.24) is 4.98 Å². The van der Waals surface area contributed by atoms with Crippen molar-refractivity contribution in [3.05, 3.63) is 41.2 Å². The average molecular weight is 241 g/mol. The summed E-state index contributed by atoms with van der Waals surface area (Å²) in [6.45, 7) is 0. The summed E-state index contributed by atoms with van der Waals surface area (Å²) >= 11 is 3.60. The van der Waals surface area contributed by atoms with E-state index in [4.69, 9.17) is 0 Å². The van der Waals surface area contributed by atoms with Crippen LogP contribution in [0.3, 0.4) is 0 Å². The van der Waals surface area contributed by atoms with Crippen LogP contribution in [-0.2, 0) is 0 Å².